The van der Waals surface area contributed by atoms with Gasteiger partial charge in [-0.2, -0.15) is 0 Å². The Hall–Kier alpha value is -2.37. The van der Waals surface area contributed by atoms with E-state index in [1.165, 1.54) is 38.5 Å². The number of halogens is 11. The molecule has 34 heavy (non-hydrogen) atoms. The molecule has 2 aromatic carbocycles. The molecule has 0 amide bonds. The molecule has 0 aliphatic carbocycles. The number of nitrogens with one attached hydrogen (secondary N) is 1. The molecule has 12 heteroatoms. The third-order valence-electron chi connectivity index (χ3n) is 4.72. The minimum absolute atomic E-state index is 0.379. The Bertz CT molecular complexity index is 827. The molecule has 0 unspecified atom stereocenters. The van der Waals surface area contributed by atoms with Crippen molar-refractivity contribution in [2.24, 2.45) is 0 Å². The van der Waals surface area contributed by atoms with E-state index in [1.807, 2.05) is 0 Å². The summed E-state index contributed by atoms with van der Waals surface area (Å²) in [7, 11) is 0. The fourth-order valence-corrected chi connectivity index (χ4v) is 2.92. The number of unbranched alkanes of at least 4 members (excludes halogenated alkanes) is 6. The van der Waals surface area contributed by atoms with Gasteiger partial charge < -0.3 is 0 Å². The van der Waals surface area contributed by atoms with Crippen molar-refractivity contribution in [3.63, 3.8) is 0 Å². The first kappa shape index (κ1) is 29.7. The molecule has 0 bridgehead atoms. The second-order valence-electron chi connectivity index (χ2n) is 7.14. The summed E-state index contributed by atoms with van der Waals surface area (Å²) in [5, 5.41) is 2.68. The fourth-order valence-electron chi connectivity index (χ4n) is 2.92. The summed E-state index contributed by atoms with van der Waals surface area (Å²) in [6, 6.07) is 0. The maximum Gasteiger partial charge on any atom is 0.200 e. The zero-order valence-electron chi connectivity index (χ0n) is 18.0. The smallest absolute Gasteiger partial charge is 0.200 e. The first-order valence-electron chi connectivity index (χ1n) is 10.3. The Morgan fingerprint density at radius 2 is 0.735 bits per heavy atom. The normalized spacial score (nSPS) is 10.9. The van der Waals surface area contributed by atoms with Crippen LogP contribution in [0.3, 0.4) is 0 Å². The largest absolute Gasteiger partial charge is 0.290 e. The summed E-state index contributed by atoms with van der Waals surface area (Å²) in [6.07, 6.45) is 9.07. The SMILES string of the molecule is CCCCCCCCCNCF.Fc1c(F)c(F)c(-c2c(F)c(F)c(F)c(F)c2F)c(F)c1F. The number of hydrogen-bond donors (Lipinski definition) is 1. The summed E-state index contributed by atoms with van der Waals surface area (Å²) >= 11 is 0. The molecular formula is C22H22F11N. The lowest BCUT2D eigenvalue weighted by Crippen LogP contribution is -2.12. The highest BCUT2D eigenvalue weighted by molar-refractivity contribution is 5.67. The first-order valence-corrected chi connectivity index (χ1v) is 10.3. The van der Waals surface area contributed by atoms with Gasteiger partial charge in [-0.25, -0.2) is 48.3 Å². The van der Waals surface area contributed by atoms with Gasteiger partial charge in [0.2, 0.25) is 11.6 Å². The molecule has 0 aliphatic rings. The van der Waals surface area contributed by atoms with Crippen LogP contribution in [-0.4, -0.2) is 13.3 Å². The van der Waals surface area contributed by atoms with Crippen molar-refractivity contribution in [1.82, 2.24) is 5.32 Å². The standard InChI is InChI=1S/C12F10.C10H22FN/c13-3-1(4(14)8(18)11(21)7(3)17)2-5(15)9(19)12(22)10(20)6(2)16;1-2-3-4-5-6-7-8-9-12-10-11/h;12H,2-10H2,1H3. The molecule has 0 heterocycles. The van der Waals surface area contributed by atoms with E-state index >= 15 is 0 Å². The van der Waals surface area contributed by atoms with Crippen molar-refractivity contribution >= 4 is 0 Å². The third kappa shape index (κ3) is 7.07. The van der Waals surface area contributed by atoms with Gasteiger partial charge in [-0.1, -0.05) is 45.4 Å². The van der Waals surface area contributed by atoms with E-state index in [-0.39, 0.29) is 6.80 Å². The minimum Gasteiger partial charge on any atom is -0.290 e. The molecule has 1 N–H and O–H groups in total. The van der Waals surface area contributed by atoms with Gasteiger partial charge in [0.05, 0.1) is 11.1 Å². The Morgan fingerprint density at radius 3 is 1.06 bits per heavy atom. The second-order valence-corrected chi connectivity index (χ2v) is 7.14. The van der Waals surface area contributed by atoms with Gasteiger partial charge >= 0.3 is 0 Å². The number of hydrogen-bond acceptors (Lipinski definition) is 1. The summed E-state index contributed by atoms with van der Waals surface area (Å²) < 4.78 is 143. The fraction of sp³-hybridized carbons (Fsp3) is 0.455. The van der Waals surface area contributed by atoms with Gasteiger partial charge in [0.15, 0.2) is 46.5 Å². The van der Waals surface area contributed by atoms with Gasteiger partial charge in [0.1, 0.15) is 6.80 Å². The molecule has 192 valence electrons. The Kier molecular flexibility index (Phi) is 12.3. The van der Waals surface area contributed by atoms with E-state index in [2.05, 4.69) is 12.2 Å². The van der Waals surface area contributed by atoms with Crippen LogP contribution in [-0.2, 0) is 0 Å². The summed E-state index contributed by atoms with van der Waals surface area (Å²) in [4.78, 5) is 0. The molecule has 2 rings (SSSR count). The Labute approximate surface area is 189 Å². The van der Waals surface area contributed by atoms with E-state index in [4.69, 9.17) is 0 Å². The predicted octanol–water partition coefficient (Wildman–Crippen LogP) is 8.00. The van der Waals surface area contributed by atoms with Crippen LogP contribution in [0.4, 0.5) is 48.3 Å². The first-order chi connectivity index (χ1) is 16.0. The summed E-state index contributed by atoms with van der Waals surface area (Å²) in [6.45, 7) is 2.69. The average molecular weight is 509 g/mol. The monoisotopic (exact) mass is 509 g/mol. The molecule has 0 spiro atoms. The van der Waals surface area contributed by atoms with Gasteiger partial charge in [0.25, 0.3) is 0 Å². The Balaban J connectivity index is 0.000000411. The molecular weight excluding hydrogens is 487 g/mol. The van der Waals surface area contributed by atoms with Crippen LogP contribution < -0.4 is 5.32 Å². The summed E-state index contributed by atoms with van der Waals surface area (Å²) in [5.74, 6) is -26.6. The van der Waals surface area contributed by atoms with Crippen LogP contribution >= 0.6 is 0 Å². The van der Waals surface area contributed by atoms with Crippen LogP contribution in [0.2, 0.25) is 0 Å². The molecule has 0 aromatic heterocycles. The lowest BCUT2D eigenvalue weighted by Gasteiger charge is -2.11. The zero-order valence-corrected chi connectivity index (χ0v) is 18.0. The molecule has 2 aromatic rings. The maximum atomic E-state index is 13.4. The molecule has 0 aliphatic heterocycles. The van der Waals surface area contributed by atoms with Crippen molar-refractivity contribution < 1.29 is 48.3 Å². The van der Waals surface area contributed by atoms with Crippen molar-refractivity contribution in [2.75, 3.05) is 13.3 Å². The van der Waals surface area contributed by atoms with Gasteiger partial charge in [-0.05, 0) is 13.0 Å². The highest BCUT2D eigenvalue weighted by atomic mass is 19.2. The highest BCUT2D eigenvalue weighted by Gasteiger charge is 2.34. The summed E-state index contributed by atoms with van der Waals surface area (Å²) in [5.41, 5.74) is -4.52. The van der Waals surface area contributed by atoms with Gasteiger partial charge in [-0.15, -0.1) is 0 Å². The lowest BCUT2D eigenvalue weighted by molar-refractivity contribution is 0.370. The van der Waals surface area contributed by atoms with Crippen molar-refractivity contribution in [3.8, 4) is 11.1 Å². The van der Waals surface area contributed by atoms with Gasteiger partial charge in [-0.3, -0.25) is 5.32 Å². The van der Waals surface area contributed by atoms with Crippen molar-refractivity contribution in [1.29, 1.82) is 0 Å². The van der Waals surface area contributed by atoms with Crippen LogP contribution in [0, 0.1) is 58.2 Å². The molecule has 0 radical (unpaired) electrons. The zero-order chi connectivity index (χ0) is 26.0. The van der Waals surface area contributed by atoms with E-state index in [9.17, 15) is 48.3 Å². The highest BCUT2D eigenvalue weighted by Crippen LogP contribution is 2.37. The molecule has 0 atom stereocenters. The van der Waals surface area contributed by atoms with Crippen LogP contribution in [0.5, 0.6) is 0 Å². The lowest BCUT2D eigenvalue weighted by atomic mass is 10.0. The molecule has 0 fully saturated rings. The minimum atomic E-state index is -2.68. The molecule has 1 nitrogen and oxygen atoms in total. The van der Waals surface area contributed by atoms with Crippen LogP contribution in [0.1, 0.15) is 51.9 Å². The number of rotatable bonds is 10. The molecule has 0 saturated heterocycles. The number of alkyl halides is 1. The third-order valence-corrected chi connectivity index (χ3v) is 4.72. The molecule has 0 saturated carbocycles. The van der Waals surface area contributed by atoms with E-state index in [0.29, 0.717) is 0 Å². The van der Waals surface area contributed by atoms with E-state index < -0.39 is 69.3 Å². The maximum absolute atomic E-state index is 13.4. The van der Waals surface area contributed by atoms with E-state index in [0.717, 1.165) is 13.0 Å². The predicted molar refractivity (Wildman–Crippen MR) is 103 cm³/mol. The Morgan fingerprint density at radius 1 is 0.441 bits per heavy atom. The second kappa shape index (κ2) is 14.1. The van der Waals surface area contributed by atoms with Crippen molar-refractivity contribution in [3.05, 3.63) is 58.2 Å². The topological polar surface area (TPSA) is 12.0 Å². The van der Waals surface area contributed by atoms with Crippen LogP contribution in [0.15, 0.2) is 0 Å². The van der Waals surface area contributed by atoms with E-state index in [1.54, 1.807) is 0 Å². The van der Waals surface area contributed by atoms with Crippen molar-refractivity contribution in [2.45, 2.75) is 51.9 Å². The number of benzene rings is 2. The average Bonchev–Trinajstić information content (AvgIpc) is 2.83. The quantitative estimate of drug-likeness (QED) is 0.113. The van der Waals surface area contributed by atoms with Gasteiger partial charge in [0, 0.05) is 0 Å². The van der Waals surface area contributed by atoms with Crippen LogP contribution in [0.25, 0.3) is 11.1 Å².